The van der Waals surface area contributed by atoms with Gasteiger partial charge >= 0.3 is 0 Å². The summed E-state index contributed by atoms with van der Waals surface area (Å²) in [6.45, 7) is 3.63. The lowest BCUT2D eigenvalue weighted by Crippen LogP contribution is -2.43. The molecule has 6 heteroatoms. The first kappa shape index (κ1) is 13.0. The number of nitrogens with two attached hydrogens (primary N) is 1. The third-order valence-electron chi connectivity index (χ3n) is 3.01. The molecular formula is C12H20N4O2. The van der Waals surface area contributed by atoms with E-state index in [0.29, 0.717) is 26.1 Å². The number of hydrogen-bond acceptors (Lipinski definition) is 4. The summed E-state index contributed by atoms with van der Waals surface area (Å²) in [6, 6.07) is -0.0998. The van der Waals surface area contributed by atoms with E-state index in [0.717, 1.165) is 5.56 Å². The van der Waals surface area contributed by atoms with Crippen LogP contribution in [0.2, 0.25) is 0 Å². The van der Waals surface area contributed by atoms with Gasteiger partial charge in [-0.05, 0) is 6.92 Å². The predicted octanol–water partition coefficient (Wildman–Crippen LogP) is 0.0573. The Bertz CT molecular complexity index is 416. The lowest BCUT2D eigenvalue weighted by molar-refractivity contribution is -0.139. The van der Waals surface area contributed by atoms with Crippen LogP contribution in [0.3, 0.4) is 0 Å². The fraction of sp³-hybridized carbons (Fsp3) is 0.667. The van der Waals surface area contributed by atoms with Crippen molar-refractivity contribution in [3.05, 3.63) is 18.0 Å². The topological polar surface area (TPSA) is 73.4 Å². The normalized spacial score (nSPS) is 21.9. The van der Waals surface area contributed by atoms with Crippen molar-refractivity contribution in [3.63, 3.8) is 0 Å². The summed E-state index contributed by atoms with van der Waals surface area (Å²) in [5.41, 5.74) is 6.67. The molecule has 0 spiro atoms. The maximum Gasteiger partial charge on any atom is 0.224 e. The van der Waals surface area contributed by atoms with Gasteiger partial charge in [-0.3, -0.25) is 9.48 Å². The summed E-state index contributed by atoms with van der Waals surface area (Å²) in [5.74, 6) is 0.0993. The van der Waals surface area contributed by atoms with Gasteiger partial charge in [-0.25, -0.2) is 0 Å². The summed E-state index contributed by atoms with van der Waals surface area (Å²) in [4.78, 5) is 13.8. The van der Waals surface area contributed by atoms with Crippen LogP contribution in [0.5, 0.6) is 0 Å². The van der Waals surface area contributed by atoms with E-state index in [2.05, 4.69) is 5.10 Å². The molecule has 2 rings (SSSR count). The minimum atomic E-state index is -0.0998. The molecule has 18 heavy (non-hydrogen) atoms. The Hall–Kier alpha value is -1.40. The van der Waals surface area contributed by atoms with Crippen molar-refractivity contribution in [1.29, 1.82) is 0 Å². The number of aromatic nitrogens is 2. The molecule has 0 aromatic carbocycles. The Morgan fingerprint density at radius 3 is 3.11 bits per heavy atom. The van der Waals surface area contributed by atoms with Gasteiger partial charge in [0.05, 0.1) is 19.3 Å². The molecule has 1 aromatic heterocycles. The molecule has 2 heterocycles. The van der Waals surface area contributed by atoms with Crippen molar-refractivity contribution in [2.45, 2.75) is 25.5 Å². The quantitative estimate of drug-likeness (QED) is 0.825. The second-order valence-corrected chi connectivity index (χ2v) is 4.83. The molecule has 6 nitrogen and oxygen atoms in total. The number of hydrogen-bond donors (Lipinski definition) is 1. The predicted molar refractivity (Wildman–Crippen MR) is 66.7 cm³/mol. The highest BCUT2D eigenvalue weighted by Crippen LogP contribution is 2.21. The minimum Gasteiger partial charge on any atom is -0.370 e. The van der Waals surface area contributed by atoms with Crippen molar-refractivity contribution in [3.8, 4) is 0 Å². The van der Waals surface area contributed by atoms with Crippen LogP contribution < -0.4 is 5.73 Å². The molecule has 1 saturated heterocycles. The lowest BCUT2D eigenvalue weighted by atomic mass is 10.1. The Labute approximate surface area is 107 Å². The number of aryl methyl sites for hydroxylation is 1. The first-order chi connectivity index (χ1) is 8.56. The zero-order valence-electron chi connectivity index (χ0n) is 10.9. The summed E-state index contributed by atoms with van der Waals surface area (Å²) < 4.78 is 7.42. The zero-order chi connectivity index (χ0) is 13.1. The molecule has 0 bridgehead atoms. The molecule has 1 aliphatic rings. The fourth-order valence-electron chi connectivity index (χ4n) is 2.09. The van der Waals surface area contributed by atoms with Crippen molar-refractivity contribution in [2.75, 3.05) is 19.7 Å². The van der Waals surface area contributed by atoms with Crippen LogP contribution in [0.4, 0.5) is 0 Å². The van der Waals surface area contributed by atoms with Gasteiger partial charge in [0.2, 0.25) is 5.91 Å². The number of amides is 1. The number of carbonyl (C=O) groups is 1. The van der Waals surface area contributed by atoms with Crippen LogP contribution in [0.25, 0.3) is 0 Å². The SMILES string of the molecule is CC(N)CC(=O)N1CCOC(c2cnn(C)c2)C1. The third-order valence-corrected chi connectivity index (χ3v) is 3.01. The summed E-state index contributed by atoms with van der Waals surface area (Å²) >= 11 is 0. The molecule has 1 fully saturated rings. The second kappa shape index (κ2) is 5.49. The largest absolute Gasteiger partial charge is 0.370 e. The average molecular weight is 252 g/mol. The van der Waals surface area contributed by atoms with Crippen molar-refractivity contribution in [2.24, 2.45) is 12.8 Å². The van der Waals surface area contributed by atoms with Crippen LogP contribution in [0.1, 0.15) is 25.0 Å². The van der Waals surface area contributed by atoms with Crippen molar-refractivity contribution >= 4 is 5.91 Å². The Kier molecular flexibility index (Phi) is 3.98. The standard InChI is InChI=1S/C12H20N4O2/c1-9(13)5-12(17)16-3-4-18-11(8-16)10-6-14-15(2)7-10/h6-7,9,11H,3-5,8,13H2,1-2H3. The third kappa shape index (κ3) is 3.08. The van der Waals surface area contributed by atoms with E-state index in [4.69, 9.17) is 10.5 Å². The van der Waals surface area contributed by atoms with Gasteiger partial charge < -0.3 is 15.4 Å². The molecule has 1 aromatic rings. The van der Waals surface area contributed by atoms with Gasteiger partial charge in [-0.15, -0.1) is 0 Å². The first-order valence-electron chi connectivity index (χ1n) is 6.19. The van der Waals surface area contributed by atoms with E-state index in [1.165, 1.54) is 0 Å². The summed E-state index contributed by atoms with van der Waals surface area (Å²) in [6.07, 6.45) is 4.01. The van der Waals surface area contributed by atoms with Crippen molar-refractivity contribution in [1.82, 2.24) is 14.7 Å². The molecule has 0 saturated carbocycles. The van der Waals surface area contributed by atoms with E-state index in [1.54, 1.807) is 10.9 Å². The summed E-state index contributed by atoms with van der Waals surface area (Å²) in [7, 11) is 1.87. The maximum absolute atomic E-state index is 12.0. The van der Waals surface area contributed by atoms with Crippen LogP contribution >= 0.6 is 0 Å². The van der Waals surface area contributed by atoms with Gasteiger partial charge in [0.1, 0.15) is 6.10 Å². The van der Waals surface area contributed by atoms with Crippen molar-refractivity contribution < 1.29 is 9.53 Å². The summed E-state index contributed by atoms with van der Waals surface area (Å²) in [5, 5.41) is 4.12. The van der Waals surface area contributed by atoms with Crippen LogP contribution in [0.15, 0.2) is 12.4 Å². The molecule has 0 radical (unpaired) electrons. The second-order valence-electron chi connectivity index (χ2n) is 4.83. The lowest BCUT2D eigenvalue weighted by Gasteiger charge is -2.33. The number of ether oxygens (including phenoxy) is 1. The molecule has 1 aliphatic heterocycles. The molecule has 2 atom stereocenters. The van der Waals surface area contributed by atoms with E-state index < -0.39 is 0 Å². The highest BCUT2D eigenvalue weighted by atomic mass is 16.5. The smallest absolute Gasteiger partial charge is 0.224 e. The van der Waals surface area contributed by atoms with Gasteiger partial charge in [-0.1, -0.05) is 0 Å². The van der Waals surface area contributed by atoms with Crippen LogP contribution in [0, 0.1) is 0 Å². The van der Waals surface area contributed by atoms with Gasteiger partial charge in [0, 0.05) is 37.8 Å². The molecule has 2 unspecified atom stereocenters. The Balaban J connectivity index is 1.98. The highest BCUT2D eigenvalue weighted by molar-refractivity contribution is 5.76. The Morgan fingerprint density at radius 1 is 1.72 bits per heavy atom. The van der Waals surface area contributed by atoms with Crippen LogP contribution in [-0.4, -0.2) is 46.3 Å². The van der Waals surface area contributed by atoms with E-state index in [9.17, 15) is 4.79 Å². The van der Waals surface area contributed by atoms with E-state index in [-0.39, 0.29) is 18.1 Å². The molecule has 2 N–H and O–H groups in total. The fourth-order valence-corrected chi connectivity index (χ4v) is 2.09. The maximum atomic E-state index is 12.0. The van der Waals surface area contributed by atoms with E-state index >= 15 is 0 Å². The molecular weight excluding hydrogens is 232 g/mol. The molecule has 0 aliphatic carbocycles. The van der Waals surface area contributed by atoms with Gasteiger partial charge in [-0.2, -0.15) is 5.10 Å². The zero-order valence-corrected chi connectivity index (χ0v) is 10.9. The number of rotatable bonds is 3. The highest BCUT2D eigenvalue weighted by Gasteiger charge is 2.26. The number of morpholine rings is 1. The minimum absolute atomic E-state index is 0.0792. The van der Waals surface area contributed by atoms with Gasteiger partial charge in [0.15, 0.2) is 0 Å². The van der Waals surface area contributed by atoms with E-state index in [1.807, 2.05) is 25.1 Å². The first-order valence-corrected chi connectivity index (χ1v) is 6.19. The molecule has 100 valence electrons. The van der Waals surface area contributed by atoms with Crippen LogP contribution in [-0.2, 0) is 16.6 Å². The average Bonchev–Trinajstić information content (AvgIpc) is 2.75. The Morgan fingerprint density at radius 2 is 2.50 bits per heavy atom. The van der Waals surface area contributed by atoms with Gasteiger partial charge in [0.25, 0.3) is 0 Å². The number of nitrogens with zero attached hydrogens (tertiary/aromatic N) is 3. The molecule has 1 amide bonds. The monoisotopic (exact) mass is 252 g/mol. The number of carbonyl (C=O) groups excluding carboxylic acids is 1.